The topological polar surface area (TPSA) is 13.1 Å². The van der Waals surface area contributed by atoms with Crippen LogP contribution in [0.15, 0.2) is 157 Å². The van der Waals surface area contributed by atoms with E-state index in [-0.39, 0.29) is 5.41 Å². The van der Waals surface area contributed by atoms with Crippen LogP contribution in [0, 0.1) is 0 Å². The van der Waals surface area contributed by atoms with E-state index in [0.717, 1.165) is 69.9 Å². The summed E-state index contributed by atoms with van der Waals surface area (Å²) in [5, 5.41) is 4.69. The maximum Gasteiger partial charge on any atom is 0.142 e. The summed E-state index contributed by atoms with van der Waals surface area (Å²) >= 11 is 0. The van der Waals surface area contributed by atoms with Crippen LogP contribution in [0.5, 0.6) is 0 Å². The molecule has 1 nitrogen and oxygen atoms in total. The first kappa shape index (κ1) is 31.6. The molecule has 0 radical (unpaired) electrons. The van der Waals surface area contributed by atoms with Gasteiger partial charge in [0, 0.05) is 16.3 Å². The summed E-state index contributed by atoms with van der Waals surface area (Å²) in [5.41, 5.74) is 13.8. The summed E-state index contributed by atoms with van der Waals surface area (Å²) in [6.07, 6.45) is 17.3. The van der Waals surface area contributed by atoms with Crippen molar-refractivity contribution in [3.05, 3.63) is 196 Å². The fourth-order valence-corrected chi connectivity index (χ4v) is 8.04. The SMILES string of the molecule is C=Cc1ccccc1C(=C)C1=c2/cccc/c2=C(\C2=C\c3c(ccc4c3oc3ccccc34)Cc3ccccc3C(C)(C)C2)/C=C/CC/C=C/1. The zero-order valence-electron chi connectivity index (χ0n) is 29.0. The van der Waals surface area contributed by atoms with E-state index in [0.29, 0.717) is 0 Å². The lowest BCUT2D eigenvalue weighted by Gasteiger charge is -2.29. The van der Waals surface area contributed by atoms with Crippen molar-refractivity contribution in [1.82, 2.24) is 0 Å². The quantitative estimate of drug-likeness (QED) is 0.186. The van der Waals surface area contributed by atoms with Crippen molar-refractivity contribution in [2.75, 3.05) is 0 Å². The number of allylic oxidation sites excluding steroid dienone is 6. The molecular weight excluding hydrogens is 605 g/mol. The molecule has 8 rings (SSSR count). The highest BCUT2D eigenvalue weighted by molar-refractivity contribution is 6.08. The maximum absolute atomic E-state index is 6.73. The summed E-state index contributed by atoms with van der Waals surface area (Å²) in [6, 6.07) is 39.3. The van der Waals surface area contributed by atoms with Gasteiger partial charge in [-0.3, -0.25) is 0 Å². The lowest BCUT2D eigenvalue weighted by atomic mass is 9.75. The van der Waals surface area contributed by atoms with E-state index in [2.05, 4.69) is 160 Å². The Kier molecular flexibility index (Phi) is 8.21. The predicted molar refractivity (Wildman–Crippen MR) is 214 cm³/mol. The summed E-state index contributed by atoms with van der Waals surface area (Å²) in [7, 11) is 0. The van der Waals surface area contributed by atoms with Crippen molar-refractivity contribution in [1.29, 1.82) is 0 Å². The summed E-state index contributed by atoms with van der Waals surface area (Å²) in [4.78, 5) is 0. The van der Waals surface area contributed by atoms with Crippen LogP contribution in [-0.4, -0.2) is 0 Å². The van der Waals surface area contributed by atoms with E-state index < -0.39 is 0 Å². The molecule has 0 bridgehead atoms. The van der Waals surface area contributed by atoms with Gasteiger partial charge < -0.3 is 4.42 Å². The van der Waals surface area contributed by atoms with Gasteiger partial charge >= 0.3 is 0 Å². The molecule has 5 aromatic carbocycles. The Morgan fingerprint density at radius 2 is 1.44 bits per heavy atom. The van der Waals surface area contributed by atoms with Crippen LogP contribution in [0.1, 0.15) is 66.5 Å². The molecule has 50 heavy (non-hydrogen) atoms. The van der Waals surface area contributed by atoms with E-state index in [9.17, 15) is 0 Å². The van der Waals surface area contributed by atoms with Gasteiger partial charge in [-0.05, 0) is 104 Å². The van der Waals surface area contributed by atoms with Gasteiger partial charge in [-0.2, -0.15) is 0 Å². The average Bonchev–Trinajstić information content (AvgIpc) is 3.54. The van der Waals surface area contributed by atoms with Crippen molar-refractivity contribution in [3.8, 4) is 0 Å². The van der Waals surface area contributed by atoms with Gasteiger partial charge in [0.25, 0.3) is 0 Å². The number of fused-ring (bicyclic) bond motifs is 7. The third kappa shape index (κ3) is 5.63. The number of para-hydroxylation sites is 1. The van der Waals surface area contributed by atoms with Gasteiger partial charge in [0.15, 0.2) is 0 Å². The fraction of sp³-hybridized carbons (Fsp3) is 0.143. The van der Waals surface area contributed by atoms with Crippen molar-refractivity contribution >= 4 is 50.8 Å². The van der Waals surface area contributed by atoms with Crippen molar-refractivity contribution in [2.24, 2.45) is 0 Å². The highest BCUT2D eigenvalue weighted by Crippen LogP contribution is 2.42. The molecule has 0 unspecified atom stereocenters. The molecule has 1 heterocycles. The number of benzene rings is 5. The first-order valence-corrected chi connectivity index (χ1v) is 17.7. The summed E-state index contributed by atoms with van der Waals surface area (Å²) in [6.45, 7) is 13.6. The van der Waals surface area contributed by atoms with Crippen LogP contribution in [0.2, 0.25) is 0 Å². The molecule has 0 amide bonds. The van der Waals surface area contributed by atoms with Crippen LogP contribution < -0.4 is 10.4 Å². The molecule has 2 aliphatic carbocycles. The van der Waals surface area contributed by atoms with Crippen molar-refractivity contribution in [3.63, 3.8) is 0 Å². The smallest absolute Gasteiger partial charge is 0.142 e. The Balaban J connectivity index is 1.48. The Labute approximate surface area is 295 Å². The standard InChI is InChI=1S/C49H42O/c1-5-34-18-10-12-20-38(34)33(2)39-21-8-6-7-9-22-40(42-24-14-13-23-41(39)42)37-31-45-35(30-36-19-11-16-26-46(36)49(3,4)32-37)28-29-44-43-25-15-17-27-47(43)50-48(44)45/h5,8-29,31H,1-2,6-7,30,32H2,3-4H3/b21-8+,22-9+,37-31+,41-39+,42-40+. The molecule has 0 aliphatic heterocycles. The Hall–Kier alpha value is -5.66. The summed E-state index contributed by atoms with van der Waals surface area (Å²) < 4.78 is 6.73. The highest BCUT2D eigenvalue weighted by Gasteiger charge is 2.29. The van der Waals surface area contributed by atoms with Crippen molar-refractivity contribution in [2.45, 2.75) is 44.9 Å². The normalized spacial score (nSPS) is 20.2. The second-order valence-corrected chi connectivity index (χ2v) is 14.2. The second kappa shape index (κ2) is 13.0. The van der Waals surface area contributed by atoms with Gasteiger partial charge in [-0.1, -0.05) is 161 Å². The molecular formula is C49H42O. The van der Waals surface area contributed by atoms with E-state index >= 15 is 0 Å². The Morgan fingerprint density at radius 1 is 0.720 bits per heavy atom. The van der Waals surface area contributed by atoms with Crippen LogP contribution in [0.25, 0.3) is 50.8 Å². The molecule has 244 valence electrons. The maximum atomic E-state index is 6.73. The number of furan rings is 1. The molecule has 0 saturated heterocycles. The number of rotatable bonds is 4. The molecule has 0 atom stereocenters. The first-order valence-electron chi connectivity index (χ1n) is 17.7. The van der Waals surface area contributed by atoms with Crippen molar-refractivity contribution < 1.29 is 4.42 Å². The van der Waals surface area contributed by atoms with Gasteiger partial charge in [-0.15, -0.1) is 0 Å². The zero-order valence-corrected chi connectivity index (χ0v) is 29.0. The van der Waals surface area contributed by atoms with Gasteiger partial charge in [-0.25, -0.2) is 0 Å². The van der Waals surface area contributed by atoms with Crippen LogP contribution in [0.4, 0.5) is 0 Å². The predicted octanol–water partition coefficient (Wildman–Crippen LogP) is 11.5. The molecule has 0 saturated carbocycles. The van der Waals surface area contributed by atoms with Gasteiger partial charge in [0.05, 0.1) is 0 Å². The zero-order chi connectivity index (χ0) is 34.2. The third-order valence-electron chi connectivity index (χ3n) is 10.5. The lowest BCUT2D eigenvalue weighted by molar-refractivity contribution is 0.523. The molecule has 6 aromatic rings. The molecule has 0 N–H and O–H groups in total. The van der Waals surface area contributed by atoms with Crippen LogP contribution in [0.3, 0.4) is 0 Å². The molecule has 1 aromatic heterocycles. The number of hydrogen-bond donors (Lipinski definition) is 0. The largest absolute Gasteiger partial charge is 0.455 e. The minimum atomic E-state index is -0.124. The van der Waals surface area contributed by atoms with Gasteiger partial charge in [0.2, 0.25) is 0 Å². The van der Waals surface area contributed by atoms with E-state index in [4.69, 9.17) is 11.0 Å². The minimum absolute atomic E-state index is 0.124. The van der Waals surface area contributed by atoms with Crippen LogP contribution >= 0.6 is 0 Å². The Bertz CT molecular complexity index is 2540. The Morgan fingerprint density at radius 3 is 2.30 bits per heavy atom. The monoisotopic (exact) mass is 646 g/mol. The van der Waals surface area contributed by atoms with Crippen LogP contribution in [-0.2, 0) is 11.8 Å². The van der Waals surface area contributed by atoms with E-state index in [1.807, 2.05) is 6.08 Å². The third-order valence-corrected chi connectivity index (χ3v) is 10.5. The molecule has 0 fully saturated rings. The second-order valence-electron chi connectivity index (χ2n) is 14.2. The fourth-order valence-electron chi connectivity index (χ4n) is 8.04. The molecule has 2 aliphatic rings. The molecule has 1 heteroatoms. The minimum Gasteiger partial charge on any atom is -0.455 e. The average molecular weight is 647 g/mol. The number of hydrogen-bond acceptors (Lipinski definition) is 1. The highest BCUT2D eigenvalue weighted by atomic mass is 16.3. The lowest BCUT2D eigenvalue weighted by Crippen LogP contribution is -2.30. The first-order chi connectivity index (χ1) is 24.4. The summed E-state index contributed by atoms with van der Waals surface area (Å²) in [5.74, 6) is 0. The van der Waals surface area contributed by atoms with E-state index in [1.165, 1.54) is 43.8 Å². The van der Waals surface area contributed by atoms with Gasteiger partial charge in [0.1, 0.15) is 11.2 Å². The molecule has 0 spiro atoms. The van der Waals surface area contributed by atoms with E-state index in [1.54, 1.807) is 0 Å².